The number of rotatable bonds is 5. The second-order valence-corrected chi connectivity index (χ2v) is 5.28. The largest absolute Gasteiger partial charge is 0.386 e. The third kappa shape index (κ3) is 3.40. The maximum absolute atomic E-state index is 12.2. The number of nitro benzene ring substituents is 1. The summed E-state index contributed by atoms with van der Waals surface area (Å²) < 4.78 is 0. The Labute approximate surface area is 138 Å². The number of fused-ring (bicyclic) bond motifs is 1. The highest BCUT2D eigenvalue weighted by molar-refractivity contribution is 5.96. The van der Waals surface area contributed by atoms with Gasteiger partial charge in [-0.15, -0.1) is 0 Å². The van der Waals surface area contributed by atoms with Gasteiger partial charge in [-0.05, 0) is 18.1 Å². The van der Waals surface area contributed by atoms with E-state index in [-0.39, 0.29) is 18.2 Å². The van der Waals surface area contributed by atoms with E-state index >= 15 is 0 Å². The fourth-order valence-electron chi connectivity index (χ4n) is 2.58. The summed E-state index contributed by atoms with van der Waals surface area (Å²) in [6.45, 7) is 0.454. The van der Waals surface area contributed by atoms with Crippen molar-refractivity contribution in [2.24, 2.45) is 5.16 Å². The van der Waals surface area contributed by atoms with Crippen molar-refractivity contribution in [1.29, 1.82) is 0 Å². The molecule has 0 N–H and O–H groups in total. The number of benzene rings is 2. The Morgan fingerprint density at radius 1 is 1.29 bits per heavy atom. The molecule has 3 rings (SSSR count). The van der Waals surface area contributed by atoms with Crippen LogP contribution in [0.15, 0.2) is 53.7 Å². The average Bonchev–Trinajstić information content (AvgIpc) is 3.03. The van der Waals surface area contributed by atoms with Crippen LogP contribution in [-0.4, -0.2) is 30.2 Å². The minimum absolute atomic E-state index is 0.0244. The Bertz CT molecular complexity index is 804. The summed E-state index contributed by atoms with van der Waals surface area (Å²) in [7, 11) is 0. The van der Waals surface area contributed by atoms with Crippen LogP contribution >= 0.6 is 0 Å². The van der Waals surface area contributed by atoms with Crippen molar-refractivity contribution in [2.45, 2.75) is 6.42 Å². The van der Waals surface area contributed by atoms with Crippen LogP contribution in [0.1, 0.15) is 11.1 Å². The first-order valence-electron chi connectivity index (χ1n) is 7.43. The van der Waals surface area contributed by atoms with E-state index in [1.165, 1.54) is 18.3 Å². The van der Waals surface area contributed by atoms with Crippen LogP contribution in [-0.2, 0) is 16.1 Å². The van der Waals surface area contributed by atoms with E-state index in [1.807, 2.05) is 24.3 Å². The van der Waals surface area contributed by atoms with E-state index in [2.05, 4.69) is 5.16 Å². The third-order valence-electron chi connectivity index (χ3n) is 3.73. The van der Waals surface area contributed by atoms with E-state index in [4.69, 9.17) is 4.84 Å². The number of nitrogens with zero attached hydrogens (tertiary/aromatic N) is 3. The Kier molecular flexibility index (Phi) is 4.51. The molecule has 0 unspecified atom stereocenters. The lowest BCUT2D eigenvalue weighted by Crippen LogP contribution is -2.31. The maximum atomic E-state index is 12.2. The predicted octanol–water partition coefficient (Wildman–Crippen LogP) is 2.53. The smallest absolute Gasteiger partial charge is 0.270 e. The Morgan fingerprint density at radius 3 is 2.96 bits per heavy atom. The molecule has 0 fully saturated rings. The van der Waals surface area contributed by atoms with Gasteiger partial charge in [0, 0.05) is 29.9 Å². The summed E-state index contributed by atoms with van der Waals surface area (Å²) >= 11 is 0. The van der Waals surface area contributed by atoms with Gasteiger partial charge >= 0.3 is 0 Å². The van der Waals surface area contributed by atoms with E-state index < -0.39 is 4.92 Å². The number of nitro groups is 1. The highest BCUT2D eigenvalue weighted by atomic mass is 16.6. The summed E-state index contributed by atoms with van der Waals surface area (Å²) in [5.74, 6) is -0.170. The number of anilines is 1. The molecule has 1 aliphatic heterocycles. The molecule has 2 aromatic rings. The lowest BCUT2D eigenvalue weighted by atomic mass is 10.2. The molecule has 122 valence electrons. The molecule has 1 heterocycles. The number of amides is 1. The molecule has 0 spiro atoms. The van der Waals surface area contributed by atoms with Gasteiger partial charge in [-0.3, -0.25) is 14.9 Å². The fraction of sp³-hybridized carbons (Fsp3) is 0.176. The molecule has 7 heteroatoms. The molecule has 0 saturated heterocycles. The number of hydrogen-bond acceptors (Lipinski definition) is 5. The van der Waals surface area contributed by atoms with Crippen molar-refractivity contribution in [3.63, 3.8) is 0 Å². The van der Waals surface area contributed by atoms with Crippen LogP contribution < -0.4 is 4.90 Å². The molecular formula is C17H15N3O4. The van der Waals surface area contributed by atoms with E-state index in [0.717, 1.165) is 17.7 Å². The third-order valence-corrected chi connectivity index (χ3v) is 3.73. The zero-order chi connectivity index (χ0) is 16.9. The van der Waals surface area contributed by atoms with Crippen LogP contribution in [0.4, 0.5) is 11.4 Å². The van der Waals surface area contributed by atoms with Crippen molar-refractivity contribution in [1.82, 2.24) is 0 Å². The van der Waals surface area contributed by atoms with Crippen LogP contribution in [0.3, 0.4) is 0 Å². The molecule has 1 aliphatic rings. The number of hydrogen-bond donors (Lipinski definition) is 0. The average molecular weight is 325 g/mol. The van der Waals surface area contributed by atoms with Gasteiger partial charge in [0.05, 0.1) is 11.1 Å². The van der Waals surface area contributed by atoms with Gasteiger partial charge in [0.15, 0.2) is 6.61 Å². The minimum atomic E-state index is -0.480. The first kappa shape index (κ1) is 15.7. The standard InChI is InChI=1S/C17H15N3O4/c21-17(19-9-8-14-5-1-2-7-16(14)19)12-24-18-11-13-4-3-6-15(10-13)20(22)23/h1-7,10-11H,8-9,12H2/b18-11-. The van der Waals surface area contributed by atoms with Gasteiger partial charge in [-0.2, -0.15) is 0 Å². The highest BCUT2D eigenvalue weighted by Gasteiger charge is 2.24. The number of non-ortho nitro benzene ring substituents is 1. The Morgan fingerprint density at radius 2 is 2.12 bits per heavy atom. The summed E-state index contributed by atoms with van der Waals surface area (Å²) in [5.41, 5.74) is 2.56. The monoisotopic (exact) mass is 325 g/mol. The quantitative estimate of drug-likeness (QED) is 0.480. The zero-order valence-electron chi connectivity index (χ0n) is 12.8. The number of carbonyl (C=O) groups excluding carboxylic acids is 1. The van der Waals surface area contributed by atoms with Gasteiger partial charge in [0.2, 0.25) is 0 Å². The normalized spacial score (nSPS) is 13.1. The van der Waals surface area contributed by atoms with E-state index in [1.54, 1.807) is 17.0 Å². The van der Waals surface area contributed by atoms with Crippen molar-refractivity contribution < 1.29 is 14.6 Å². The second kappa shape index (κ2) is 6.91. The molecule has 0 aliphatic carbocycles. The van der Waals surface area contributed by atoms with Crippen molar-refractivity contribution in [3.8, 4) is 0 Å². The van der Waals surface area contributed by atoms with Crippen molar-refractivity contribution in [3.05, 3.63) is 69.8 Å². The molecular weight excluding hydrogens is 310 g/mol. The number of para-hydroxylation sites is 1. The summed E-state index contributed by atoms with van der Waals surface area (Å²) in [4.78, 5) is 29.1. The van der Waals surface area contributed by atoms with Gasteiger partial charge < -0.3 is 9.74 Å². The molecule has 0 bridgehead atoms. The van der Waals surface area contributed by atoms with E-state index in [9.17, 15) is 14.9 Å². The SMILES string of the molecule is O=C(CO/N=C\c1cccc([N+](=O)[O-])c1)N1CCc2ccccc21. The fourth-order valence-corrected chi connectivity index (χ4v) is 2.58. The van der Waals surface area contributed by atoms with Gasteiger partial charge in [-0.25, -0.2) is 0 Å². The first-order valence-corrected chi connectivity index (χ1v) is 7.43. The van der Waals surface area contributed by atoms with Crippen molar-refractivity contribution in [2.75, 3.05) is 18.1 Å². The molecule has 24 heavy (non-hydrogen) atoms. The van der Waals surface area contributed by atoms with Crippen LogP contribution in [0.5, 0.6) is 0 Å². The van der Waals surface area contributed by atoms with Crippen LogP contribution in [0, 0.1) is 10.1 Å². The number of oxime groups is 1. The summed E-state index contributed by atoms with van der Waals surface area (Å²) in [5, 5.41) is 14.4. The van der Waals surface area contributed by atoms with Crippen LogP contribution in [0.2, 0.25) is 0 Å². The van der Waals surface area contributed by atoms with E-state index in [0.29, 0.717) is 12.1 Å². The molecule has 0 saturated carbocycles. The molecule has 0 atom stereocenters. The molecule has 0 aromatic heterocycles. The molecule has 1 amide bonds. The lowest BCUT2D eigenvalue weighted by Gasteiger charge is -2.16. The zero-order valence-corrected chi connectivity index (χ0v) is 12.8. The number of carbonyl (C=O) groups is 1. The van der Waals surface area contributed by atoms with Gasteiger partial charge in [0.25, 0.3) is 11.6 Å². The maximum Gasteiger partial charge on any atom is 0.270 e. The Balaban J connectivity index is 1.56. The van der Waals surface area contributed by atoms with Crippen LogP contribution in [0.25, 0.3) is 0 Å². The predicted molar refractivity (Wildman–Crippen MR) is 89.1 cm³/mol. The van der Waals surface area contributed by atoms with Gasteiger partial charge in [-0.1, -0.05) is 35.5 Å². The molecule has 7 nitrogen and oxygen atoms in total. The summed E-state index contributed by atoms with van der Waals surface area (Å²) in [6, 6.07) is 13.8. The van der Waals surface area contributed by atoms with Gasteiger partial charge in [0.1, 0.15) is 0 Å². The first-order chi connectivity index (χ1) is 11.6. The minimum Gasteiger partial charge on any atom is -0.386 e. The van der Waals surface area contributed by atoms with Crippen molar-refractivity contribution >= 4 is 23.5 Å². The topological polar surface area (TPSA) is 85.0 Å². The molecule has 0 radical (unpaired) electrons. The summed E-state index contributed by atoms with van der Waals surface area (Å²) in [6.07, 6.45) is 2.18. The molecule has 2 aromatic carbocycles. The lowest BCUT2D eigenvalue weighted by molar-refractivity contribution is -0.384. The highest BCUT2D eigenvalue weighted by Crippen LogP contribution is 2.27. The second-order valence-electron chi connectivity index (χ2n) is 5.28. The Hall–Kier alpha value is -3.22.